The molecule has 1 amide bonds. The molecule has 1 aromatic heterocycles. The lowest BCUT2D eigenvalue weighted by Gasteiger charge is -2.37. The number of rotatable bonds is 8. The van der Waals surface area contributed by atoms with Crippen molar-refractivity contribution in [1.82, 2.24) is 9.21 Å². The molecule has 0 spiro atoms. The summed E-state index contributed by atoms with van der Waals surface area (Å²) >= 11 is 1.72. The van der Waals surface area contributed by atoms with Crippen LogP contribution in [0.15, 0.2) is 71.5 Å². The first-order valence-electron chi connectivity index (χ1n) is 11.5. The van der Waals surface area contributed by atoms with Gasteiger partial charge in [0.05, 0.1) is 12.6 Å². The van der Waals surface area contributed by atoms with E-state index in [0.29, 0.717) is 19.5 Å². The van der Waals surface area contributed by atoms with Gasteiger partial charge in [-0.1, -0.05) is 67.1 Å². The van der Waals surface area contributed by atoms with Crippen molar-refractivity contribution in [2.45, 2.75) is 32.7 Å². The molecule has 0 saturated heterocycles. The van der Waals surface area contributed by atoms with Gasteiger partial charge in [-0.15, -0.1) is 11.3 Å². The molecule has 0 aliphatic carbocycles. The van der Waals surface area contributed by atoms with Crippen LogP contribution in [0.2, 0.25) is 0 Å². The molecular weight excluding hydrogens is 464 g/mol. The van der Waals surface area contributed by atoms with E-state index in [1.165, 1.54) is 14.6 Å². The zero-order valence-corrected chi connectivity index (χ0v) is 21.2. The highest BCUT2D eigenvalue weighted by Gasteiger charge is 2.34. The summed E-state index contributed by atoms with van der Waals surface area (Å²) in [4.78, 5) is 16.7. The third kappa shape index (κ3) is 5.49. The van der Waals surface area contributed by atoms with Crippen LogP contribution in [0.5, 0.6) is 0 Å². The number of benzene rings is 2. The fourth-order valence-electron chi connectivity index (χ4n) is 4.30. The SMILES string of the molecule is CCCN(CC(=O)N1CCc2sccc2C1c1ccc(C)cc1)S(=O)(=O)C=Cc1ccccc1. The van der Waals surface area contributed by atoms with Crippen LogP contribution in [0.1, 0.15) is 46.5 Å². The van der Waals surface area contributed by atoms with Gasteiger partial charge >= 0.3 is 0 Å². The molecule has 4 rings (SSSR count). The summed E-state index contributed by atoms with van der Waals surface area (Å²) in [5, 5.41) is 3.28. The molecule has 0 saturated carbocycles. The molecule has 7 heteroatoms. The maximum absolute atomic E-state index is 13.6. The molecule has 2 aromatic carbocycles. The third-order valence-corrected chi connectivity index (χ3v) is 8.56. The lowest BCUT2D eigenvalue weighted by Crippen LogP contribution is -2.46. The molecule has 1 aliphatic heterocycles. The van der Waals surface area contributed by atoms with E-state index in [1.807, 2.05) is 49.1 Å². The summed E-state index contributed by atoms with van der Waals surface area (Å²) < 4.78 is 27.6. The Morgan fingerprint density at radius 2 is 1.85 bits per heavy atom. The number of thiophene rings is 1. The van der Waals surface area contributed by atoms with Crippen LogP contribution in [0.3, 0.4) is 0 Å². The summed E-state index contributed by atoms with van der Waals surface area (Å²) in [7, 11) is -3.75. The maximum Gasteiger partial charge on any atom is 0.238 e. The van der Waals surface area contributed by atoms with Gasteiger partial charge in [0.1, 0.15) is 0 Å². The van der Waals surface area contributed by atoms with Crippen molar-refractivity contribution in [2.75, 3.05) is 19.6 Å². The smallest absolute Gasteiger partial charge is 0.238 e. The quantitative estimate of drug-likeness (QED) is 0.430. The van der Waals surface area contributed by atoms with Crippen molar-refractivity contribution in [2.24, 2.45) is 0 Å². The zero-order valence-electron chi connectivity index (χ0n) is 19.6. The summed E-state index contributed by atoms with van der Waals surface area (Å²) in [5.41, 5.74) is 4.15. The molecule has 178 valence electrons. The fraction of sp³-hybridized carbons (Fsp3) is 0.296. The second-order valence-corrected chi connectivity index (χ2v) is 11.4. The lowest BCUT2D eigenvalue weighted by molar-refractivity contribution is -0.133. The summed E-state index contributed by atoms with van der Waals surface area (Å²) in [6.07, 6.45) is 2.99. The molecule has 0 bridgehead atoms. The van der Waals surface area contributed by atoms with Gasteiger partial charge in [0.25, 0.3) is 0 Å². The van der Waals surface area contributed by atoms with E-state index in [9.17, 15) is 13.2 Å². The number of fused-ring (bicyclic) bond motifs is 1. The van der Waals surface area contributed by atoms with Crippen LogP contribution in [-0.4, -0.2) is 43.2 Å². The molecular formula is C27H30N2O3S2. The van der Waals surface area contributed by atoms with Crippen molar-refractivity contribution < 1.29 is 13.2 Å². The van der Waals surface area contributed by atoms with E-state index in [-0.39, 0.29) is 18.5 Å². The Morgan fingerprint density at radius 3 is 2.56 bits per heavy atom. The number of amides is 1. The third-order valence-electron chi connectivity index (χ3n) is 6.06. The van der Waals surface area contributed by atoms with Crippen LogP contribution in [0.25, 0.3) is 6.08 Å². The van der Waals surface area contributed by atoms with Crippen LogP contribution < -0.4 is 0 Å². The standard InChI is InChI=1S/C27H30N2O3S2/c1-3-16-28(34(31,32)19-15-22-7-5-4-6-8-22)20-26(30)29-17-13-25-24(14-18-33-25)27(29)23-11-9-21(2)10-12-23/h4-12,14-15,18-19,27H,3,13,16-17,20H2,1-2H3. The number of carbonyl (C=O) groups is 1. The van der Waals surface area contributed by atoms with Crippen LogP contribution in [-0.2, 0) is 21.2 Å². The number of sulfonamides is 1. The molecule has 2 heterocycles. The molecule has 1 aliphatic rings. The van der Waals surface area contributed by atoms with Gasteiger partial charge in [0, 0.05) is 23.4 Å². The highest BCUT2D eigenvalue weighted by molar-refractivity contribution is 7.92. The molecule has 5 nitrogen and oxygen atoms in total. The molecule has 0 fully saturated rings. The maximum atomic E-state index is 13.6. The van der Waals surface area contributed by atoms with E-state index in [1.54, 1.807) is 17.4 Å². The number of nitrogens with zero attached hydrogens (tertiary/aromatic N) is 2. The van der Waals surface area contributed by atoms with E-state index in [4.69, 9.17) is 0 Å². The molecule has 1 atom stereocenters. The minimum absolute atomic E-state index is 0.170. The van der Waals surface area contributed by atoms with Crippen LogP contribution in [0, 0.1) is 6.92 Å². The van der Waals surface area contributed by atoms with Crippen LogP contribution in [0.4, 0.5) is 0 Å². The van der Waals surface area contributed by atoms with Gasteiger partial charge in [-0.25, -0.2) is 8.42 Å². The Hall–Kier alpha value is -2.74. The molecule has 3 aromatic rings. The van der Waals surface area contributed by atoms with E-state index in [0.717, 1.165) is 28.7 Å². The van der Waals surface area contributed by atoms with Gasteiger partial charge in [0.15, 0.2) is 0 Å². The predicted octanol–water partition coefficient (Wildman–Crippen LogP) is 5.24. The molecule has 1 unspecified atom stereocenters. The van der Waals surface area contributed by atoms with E-state index >= 15 is 0 Å². The summed E-state index contributed by atoms with van der Waals surface area (Å²) in [6, 6.07) is 19.4. The number of carbonyl (C=O) groups excluding carboxylic acids is 1. The van der Waals surface area contributed by atoms with Crippen molar-refractivity contribution in [1.29, 1.82) is 0 Å². The Labute approximate surface area is 206 Å². The highest BCUT2D eigenvalue weighted by atomic mass is 32.2. The topological polar surface area (TPSA) is 57.7 Å². The molecule has 0 radical (unpaired) electrons. The average molecular weight is 495 g/mol. The number of hydrogen-bond donors (Lipinski definition) is 0. The van der Waals surface area contributed by atoms with E-state index < -0.39 is 10.0 Å². The second kappa shape index (κ2) is 10.7. The first kappa shape index (κ1) is 24.4. The van der Waals surface area contributed by atoms with Gasteiger partial charge in [0.2, 0.25) is 15.9 Å². The summed E-state index contributed by atoms with van der Waals surface area (Å²) in [6.45, 7) is 4.66. The Morgan fingerprint density at radius 1 is 1.12 bits per heavy atom. The van der Waals surface area contributed by atoms with Gasteiger partial charge in [-0.2, -0.15) is 4.31 Å². The average Bonchev–Trinajstić information content (AvgIpc) is 3.32. The largest absolute Gasteiger partial charge is 0.330 e. The van der Waals surface area contributed by atoms with Gasteiger partial charge in [-0.3, -0.25) is 4.79 Å². The van der Waals surface area contributed by atoms with Gasteiger partial charge in [-0.05, 0) is 54.0 Å². The lowest BCUT2D eigenvalue weighted by atomic mass is 9.92. The number of aryl methyl sites for hydroxylation is 1. The minimum Gasteiger partial charge on any atom is -0.330 e. The monoisotopic (exact) mass is 494 g/mol. The van der Waals surface area contributed by atoms with Crippen molar-refractivity contribution in [3.8, 4) is 0 Å². The normalized spacial score (nSPS) is 16.2. The zero-order chi connectivity index (χ0) is 24.1. The predicted molar refractivity (Wildman–Crippen MR) is 139 cm³/mol. The minimum atomic E-state index is -3.75. The van der Waals surface area contributed by atoms with E-state index in [2.05, 4.69) is 35.7 Å². The van der Waals surface area contributed by atoms with Crippen molar-refractivity contribution in [3.05, 3.63) is 98.6 Å². The fourth-order valence-corrected chi connectivity index (χ4v) is 6.43. The van der Waals surface area contributed by atoms with Crippen molar-refractivity contribution >= 4 is 33.3 Å². The van der Waals surface area contributed by atoms with Crippen molar-refractivity contribution in [3.63, 3.8) is 0 Å². The van der Waals surface area contributed by atoms with Crippen LogP contribution >= 0.6 is 11.3 Å². The first-order chi connectivity index (χ1) is 16.4. The Balaban J connectivity index is 1.59. The Bertz CT molecular complexity index is 1250. The number of hydrogen-bond acceptors (Lipinski definition) is 4. The molecule has 0 N–H and O–H groups in total. The highest BCUT2D eigenvalue weighted by Crippen LogP contribution is 2.38. The second-order valence-electron chi connectivity index (χ2n) is 8.54. The first-order valence-corrected chi connectivity index (χ1v) is 13.9. The van der Waals surface area contributed by atoms with Gasteiger partial charge < -0.3 is 4.90 Å². The Kier molecular flexibility index (Phi) is 7.66. The summed E-state index contributed by atoms with van der Waals surface area (Å²) in [5.74, 6) is -0.174. The molecule has 34 heavy (non-hydrogen) atoms.